The van der Waals surface area contributed by atoms with Crippen molar-refractivity contribution in [2.75, 3.05) is 7.11 Å². The summed E-state index contributed by atoms with van der Waals surface area (Å²) < 4.78 is 7.12. The Labute approximate surface area is 145 Å². The van der Waals surface area contributed by atoms with Crippen LogP contribution in [0.1, 0.15) is 0 Å². The van der Waals surface area contributed by atoms with Gasteiger partial charge in [-0.25, -0.2) is 4.98 Å². The minimum absolute atomic E-state index is 0.412. The van der Waals surface area contributed by atoms with Gasteiger partial charge in [0.05, 0.1) is 12.6 Å². The minimum Gasteiger partial charge on any atom is -0.497 e. The molecule has 0 spiro atoms. The molecule has 1 aromatic heterocycles. The van der Waals surface area contributed by atoms with Gasteiger partial charge >= 0.3 is 0 Å². The SMILES string of the molecule is COc1ccc(-n2c(-c3ccccc3)nc3ccccc3c2=N)cc1. The predicted molar refractivity (Wildman–Crippen MR) is 98.9 cm³/mol. The molecule has 4 aromatic rings. The van der Waals surface area contributed by atoms with Crippen molar-refractivity contribution in [2.45, 2.75) is 0 Å². The molecule has 0 unspecified atom stereocenters. The lowest BCUT2D eigenvalue weighted by Gasteiger charge is -2.15. The van der Waals surface area contributed by atoms with Crippen molar-refractivity contribution in [3.05, 3.63) is 84.4 Å². The van der Waals surface area contributed by atoms with E-state index in [1.165, 1.54) is 0 Å². The van der Waals surface area contributed by atoms with Gasteiger partial charge in [-0.05, 0) is 36.4 Å². The number of nitrogens with one attached hydrogen (secondary N) is 1. The van der Waals surface area contributed by atoms with Crippen LogP contribution >= 0.6 is 0 Å². The first-order valence-electron chi connectivity index (χ1n) is 8.04. The standard InChI is InChI=1S/C21H17N3O/c1-25-17-13-11-16(12-14-17)24-20(22)18-9-5-6-10-19(18)23-21(24)15-7-3-2-4-8-15/h2-14,22H,1H3. The molecule has 3 aromatic carbocycles. The molecule has 1 N–H and O–H groups in total. The van der Waals surface area contributed by atoms with E-state index in [2.05, 4.69) is 0 Å². The molecule has 25 heavy (non-hydrogen) atoms. The number of fused-ring (bicyclic) bond motifs is 1. The fraction of sp³-hybridized carbons (Fsp3) is 0.0476. The average Bonchev–Trinajstić information content (AvgIpc) is 2.69. The van der Waals surface area contributed by atoms with Gasteiger partial charge in [0, 0.05) is 16.6 Å². The molecule has 0 aliphatic carbocycles. The van der Waals surface area contributed by atoms with Crippen LogP contribution in [0.3, 0.4) is 0 Å². The van der Waals surface area contributed by atoms with E-state index in [0.717, 1.165) is 33.7 Å². The maximum absolute atomic E-state index is 8.76. The number of methoxy groups -OCH3 is 1. The number of rotatable bonds is 3. The van der Waals surface area contributed by atoms with E-state index in [4.69, 9.17) is 15.1 Å². The van der Waals surface area contributed by atoms with Gasteiger partial charge in [0.1, 0.15) is 17.1 Å². The smallest absolute Gasteiger partial charge is 0.146 e. The number of benzene rings is 3. The van der Waals surface area contributed by atoms with Gasteiger partial charge in [0.25, 0.3) is 0 Å². The molecular weight excluding hydrogens is 310 g/mol. The lowest BCUT2D eigenvalue weighted by molar-refractivity contribution is 0.414. The second-order valence-corrected chi connectivity index (χ2v) is 5.70. The molecular formula is C21H17N3O. The Morgan fingerprint density at radius 1 is 0.840 bits per heavy atom. The summed E-state index contributed by atoms with van der Waals surface area (Å²) in [6, 6.07) is 25.4. The van der Waals surface area contributed by atoms with Crippen LogP contribution in [0.15, 0.2) is 78.9 Å². The van der Waals surface area contributed by atoms with Crippen molar-refractivity contribution >= 4 is 10.9 Å². The van der Waals surface area contributed by atoms with Crippen molar-refractivity contribution in [3.63, 3.8) is 0 Å². The molecule has 1 heterocycles. The number of aromatic nitrogens is 2. The van der Waals surface area contributed by atoms with Crippen molar-refractivity contribution in [3.8, 4) is 22.8 Å². The van der Waals surface area contributed by atoms with Gasteiger partial charge in [-0.15, -0.1) is 0 Å². The molecule has 0 aliphatic heterocycles. The van der Waals surface area contributed by atoms with Crippen LogP contribution < -0.4 is 10.2 Å². The van der Waals surface area contributed by atoms with E-state index in [0.29, 0.717) is 5.49 Å². The Balaban J connectivity index is 2.06. The summed E-state index contributed by atoms with van der Waals surface area (Å²) in [5.74, 6) is 1.53. The third-order valence-corrected chi connectivity index (χ3v) is 4.18. The fourth-order valence-corrected chi connectivity index (χ4v) is 2.93. The molecule has 0 amide bonds. The first-order valence-corrected chi connectivity index (χ1v) is 8.04. The van der Waals surface area contributed by atoms with Gasteiger partial charge in [-0.2, -0.15) is 0 Å². The average molecular weight is 327 g/mol. The zero-order valence-corrected chi connectivity index (χ0v) is 13.8. The second-order valence-electron chi connectivity index (χ2n) is 5.70. The summed E-state index contributed by atoms with van der Waals surface area (Å²) in [4.78, 5) is 4.84. The quantitative estimate of drug-likeness (QED) is 0.614. The molecule has 0 saturated carbocycles. The van der Waals surface area contributed by atoms with Crippen molar-refractivity contribution < 1.29 is 4.74 Å². The molecule has 0 fully saturated rings. The first kappa shape index (κ1) is 15.1. The van der Waals surface area contributed by atoms with Gasteiger partial charge in [-0.1, -0.05) is 42.5 Å². The van der Waals surface area contributed by atoms with Crippen molar-refractivity contribution in [1.29, 1.82) is 5.41 Å². The Morgan fingerprint density at radius 3 is 2.24 bits per heavy atom. The second kappa shape index (κ2) is 6.24. The number of hydrogen-bond acceptors (Lipinski definition) is 3. The Hall–Kier alpha value is -3.40. The number of hydrogen-bond donors (Lipinski definition) is 1. The Kier molecular flexibility index (Phi) is 3.78. The summed E-state index contributed by atoms with van der Waals surface area (Å²) in [7, 11) is 1.64. The number of para-hydroxylation sites is 1. The molecule has 0 saturated heterocycles. The summed E-state index contributed by atoms with van der Waals surface area (Å²) >= 11 is 0. The lowest BCUT2D eigenvalue weighted by Crippen LogP contribution is -2.22. The van der Waals surface area contributed by atoms with Crippen molar-refractivity contribution in [2.24, 2.45) is 0 Å². The summed E-state index contributed by atoms with van der Waals surface area (Å²) in [5.41, 5.74) is 3.08. The van der Waals surface area contributed by atoms with Crippen LogP contribution in [0.4, 0.5) is 0 Å². The highest BCUT2D eigenvalue weighted by Gasteiger charge is 2.12. The largest absolute Gasteiger partial charge is 0.497 e. The van der Waals surface area contributed by atoms with Gasteiger partial charge in [0.2, 0.25) is 0 Å². The molecule has 4 rings (SSSR count). The molecule has 0 atom stereocenters. The van der Waals surface area contributed by atoms with Gasteiger partial charge < -0.3 is 4.74 Å². The summed E-state index contributed by atoms with van der Waals surface area (Å²) in [5, 5.41) is 9.57. The van der Waals surface area contributed by atoms with Crippen LogP contribution in [0.5, 0.6) is 5.75 Å². The van der Waals surface area contributed by atoms with Crippen LogP contribution in [0.25, 0.3) is 28.0 Å². The summed E-state index contributed by atoms with van der Waals surface area (Å²) in [6.45, 7) is 0. The van der Waals surface area contributed by atoms with E-state index < -0.39 is 0 Å². The highest BCUT2D eigenvalue weighted by molar-refractivity contribution is 5.80. The Bertz CT molecular complexity index is 1080. The van der Waals surface area contributed by atoms with E-state index in [1.807, 2.05) is 83.4 Å². The third-order valence-electron chi connectivity index (χ3n) is 4.18. The normalized spacial score (nSPS) is 10.8. The lowest BCUT2D eigenvalue weighted by atomic mass is 10.1. The van der Waals surface area contributed by atoms with Crippen LogP contribution in [-0.2, 0) is 0 Å². The van der Waals surface area contributed by atoms with Gasteiger partial charge in [0.15, 0.2) is 0 Å². The van der Waals surface area contributed by atoms with E-state index in [9.17, 15) is 0 Å². The zero-order valence-electron chi connectivity index (χ0n) is 13.8. The molecule has 4 nitrogen and oxygen atoms in total. The molecule has 4 heteroatoms. The van der Waals surface area contributed by atoms with E-state index in [-0.39, 0.29) is 0 Å². The summed E-state index contributed by atoms with van der Waals surface area (Å²) in [6.07, 6.45) is 0. The number of nitrogens with zero attached hydrogens (tertiary/aromatic N) is 2. The van der Waals surface area contributed by atoms with Crippen LogP contribution in [0, 0.1) is 5.41 Å². The fourth-order valence-electron chi connectivity index (χ4n) is 2.93. The first-order chi connectivity index (χ1) is 12.3. The topological polar surface area (TPSA) is 50.9 Å². The van der Waals surface area contributed by atoms with Crippen molar-refractivity contribution in [1.82, 2.24) is 9.55 Å². The molecule has 0 radical (unpaired) electrons. The van der Waals surface area contributed by atoms with Gasteiger partial charge in [-0.3, -0.25) is 9.98 Å². The van der Waals surface area contributed by atoms with E-state index >= 15 is 0 Å². The predicted octanol–water partition coefficient (Wildman–Crippen LogP) is 4.18. The maximum atomic E-state index is 8.76. The van der Waals surface area contributed by atoms with Crippen LogP contribution in [-0.4, -0.2) is 16.7 Å². The number of ether oxygens (including phenoxy) is 1. The molecule has 0 aliphatic rings. The maximum Gasteiger partial charge on any atom is 0.146 e. The minimum atomic E-state index is 0.412. The highest BCUT2D eigenvalue weighted by Crippen LogP contribution is 2.23. The molecule has 122 valence electrons. The highest BCUT2D eigenvalue weighted by atomic mass is 16.5. The molecule has 0 bridgehead atoms. The monoisotopic (exact) mass is 327 g/mol. The zero-order chi connectivity index (χ0) is 17.2. The Morgan fingerprint density at radius 2 is 1.52 bits per heavy atom. The third kappa shape index (κ3) is 2.68. The van der Waals surface area contributed by atoms with E-state index in [1.54, 1.807) is 7.11 Å². The van der Waals surface area contributed by atoms with Crippen LogP contribution in [0.2, 0.25) is 0 Å².